The van der Waals surface area contributed by atoms with Crippen LogP contribution in [-0.2, 0) is 4.74 Å². The van der Waals surface area contributed by atoms with Gasteiger partial charge in [0.2, 0.25) is 0 Å². The van der Waals surface area contributed by atoms with Crippen molar-refractivity contribution in [3.63, 3.8) is 0 Å². The Labute approximate surface area is 95.8 Å². The van der Waals surface area contributed by atoms with Gasteiger partial charge in [-0.15, -0.1) is 0 Å². The molecule has 0 aliphatic heterocycles. The molecule has 0 saturated carbocycles. The fourth-order valence-electron chi connectivity index (χ4n) is 1.49. The van der Waals surface area contributed by atoms with Gasteiger partial charge in [-0.3, -0.25) is 0 Å². The van der Waals surface area contributed by atoms with E-state index in [0.29, 0.717) is 0 Å². The lowest BCUT2D eigenvalue weighted by Gasteiger charge is -2.06. The maximum Gasteiger partial charge on any atom is 0.0466 e. The normalized spacial score (nSPS) is 11.2. The smallest absolute Gasteiger partial charge is 0.0466 e. The molecule has 0 aromatic heterocycles. The number of hydrogen-bond acceptors (Lipinski definition) is 2. The van der Waals surface area contributed by atoms with Gasteiger partial charge in [0, 0.05) is 13.2 Å². The predicted molar refractivity (Wildman–Crippen MR) is 67.3 cm³/mol. The van der Waals surface area contributed by atoms with Crippen LogP contribution >= 0.6 is 0 Å². The lowest BCUT2D eigenvalue weighted by Crippen LogP contribution is -2.14. The van der Waals surface area contributed by atoms with Crippen LogP contribution in [0.25, 0.3) is 0 Å². The van der Waals surface area contributed by atoms with Gasteiger partial charge >= 0.3 is 0 Å². The third kappa shape index (κ3) is 13.9. The summed E-state index contributed by atoms with van der Waals surface area (Å²) in [5, 5.41) is 3.32. The molecule has 0 atom stereocenters. The topological polar surface area (TPSA) is 21.3 Å². The van der Waals surface area contributed by atoms with Crippen LogP contribution in [0.1, 0.15) is 52.9 Å². The average Bonchev–Trinajstić information content (AvgIpc) is 2.20. The van der Waals surface area contributed by atoms with Gasteiger partial charge in [-0.1, -0.05) is 33.6 Å². The molecular weight excluding hydrogens is 186 g/mol. The van der Waals surface area contributed by atoms with Crippen molar-refractivity contribution < 1.29 is 4.74 Å². The van der Waals surface area contributed by atoms with E-state index >= 15 is 0 Å². The molecule has 0 radical (unpaired) electrons. The molecule has 0 aromatic carbocycles. The number of rotatable bonds is 11. The minimum Gasteiger partial charge on any atom is -0.381 e. The molecule has 0 amide bonds. The molecule has 92 valence electrons. The zero-order chi connectivity index (χ0) is 11.4. The third-order valence-corrected chi connectivity index (χ3v) is 2.46. The van der Waals surface area contributed by atoms with E-state index in [9.17, 15) is 0 Å². The monoisotopic (exact) mass is 215 g/mol. The van der Waals surface area contributed by atoms with E-state index < -0.39 is 0 Å². The molecule has 0 aromatic rings. The summed E-state index contributed by atoms with van der Waals surface area (Å²) in [6, 6.07) is 0. The molecule has 0 heterocycles. The first-order valence-electron chi connectivity index (χ1n) is 6.55. The fraction of sp³-hybridized carbons (Fsp3) is 1.00. The summed E-state index contributed by atoms with van der Waals surface area (Å²) >= 11 is 0. The number of hydrogen-bond donors (Lipinski definition) is 1. The van der Waals surface area contributed by atoms with Crippen molar-refractivity contribution in [3.8, 4) is 0 Å². The van der Waals surface area contributed by atoms with E-state index in [1.54, 1.807) is 0 Å². The van der Waals surface area contributed by atoms with Crippen LogP contribution in [0.5, 0.6) is 0 Å². The molecule has 1 N–H and O–H groups in total. The molecule has 2 nitrogen and oxygen atoms in total. The van der Waals surface area contributed by atoms with Crippen LogP contribution in [0.15, 0.2) is 0 Å². The Morgan fingerprint density at radius 1 is 1.00 bits per heavy atom. The summed E-state index contributed by atoms with van der Waals surface area (Å²) in [5.41, 5.74) is 0. The molecule has 0 aliphatic carbocycles. The van der Waals surface area contributed by atoms with Gasteiger partial charge in [0.05, 0.1) is 0 Å². The maximum absolute atomic E-state index is 5.57. The Balaban J connectivity index is 2.87. The highest BCUT2D eigenvalue weighted by molar-refractivity contribution is 4.47. The second-order valence-corrected chi connectivity index (χ2v) is 4.56. The second-order valence-electron chi connectivity index (χ2n) is 4.56. The van der Waals surface area contributed by atoms with Crippen molar-refractivity contribution in [2.75, 3.05) is 26.3 Å². The Kier molecular flexibility index (Phi) is 11.9. The first-order chi connectivity index (χ1) is 7.27. The number of nitrogens with one attached hydrogen (secondary N) is 1. The van der Waals surface area contributed by atoms with E-state index in [0.717, 1.165) is 32.2 Å². The molecule has 15 heavy (non-hydrogen) atoms. The largest absolute Gasteiger partial charge is 0.381 e. The molecule has 0 spiro atoms. The van der Waals surface area contributed by atoms with Crippen molar-refractivity contribution in [1.29, 1.82) is 0 Å². The Hall–Kier alpha value is -0.0800. The molecule has 0 fully saturated rings. The van der Waals surface area contributed by atoms with Crippen molar-refractivity contribution in [2.45, 2.75) is 52.9 Å². The molecule has 0 bridgehead atoms. The summed E-state index contributed by atoms with van der Waals surface area (Å²) in [5.74, 6) is 0.838. The summed E-state index contributed by atoms with van der Waals surface area (Å²) < 4.78 is 5.57. The third-order valence-electron chi connectivity index (χ3n) is 2.46. The van der Waals surface area contributed by atoms with Crippen LogP contribution in [-0.4, -0.2) is 26.3 Å². The van der Waals surface area contributed by atoms with Gasteiger partial charge in [0.15, 0.2) is 0 Å². The van der Waals surface area contributed by atoms with E-state index in [2.05, 4.69) is 26.1 Å². The average molecular weight is 215 g/mol. The zero-order valence-electron chi connectivity index (χ0n) is 10.8. The van der Waals surface area contributed by atoms with Gasteiger partial charge < -0.3 is 10.1 Å². The minimum absolute atomic E-state index is 0.838. The van der Waals surface area contributed by atoms with E-state index in [4.69, 9.17) is 4.74 Å². The van der Waals surface area contributed by atoms with Gasteiger partial charge in [0.1, 0.15) is 0 Å². The Morgan fingerprint density at radius 2 is 1.67 bits per heavy atom. The lowest BCUT2D eigenvalue weighted by molar-refractivity contribution is 0.125. The number of unbranched alkanes of at least 4 members (excludes halogenated alkanes) is 2. The summed E-state index contributed by atoms with van der Waals surface area (Å²) in [6.45, 7) is 10.8. The van der Waals surface area contributed by atoms with Crippen LogP contribution in [0.2, 0.25) is 0 Å². The molecular formula is C13H29NO. The highest BCUT2D eigenvalue weighted by Crippen LogP contribution is 2.05. The molecule has 0 aliphatic rings. The van der Waals surface area contributed by atoms with E-state index in [1.807, 2.05) is 0 Å². The van der Waals surface area contributed by atoms with Crippen LogP contribution < -0.4 is 5.32 Å². The number of ether oxygens (including phenoxy) is 1. The lowest BCUT2D eigenvalue weighted by atomic mass is 10.1. The summed E-state index contributed by atoms with van der Waals surface area (Å²) in [6.07, 6.45) is 6.31. The maximum atomic E-state index is 5.57. The van der Waals surface area contributed by atoms with Crippen LogP contribution in [0.4, 0.5) is 0 Å². The highest BCUT2D eigenvalue weighted by Gasteiger charge is 1.94. The van der Waals surface area contributed by atoms with Gasteiger partial charge in [-0.25, -0.2) is 0 Å². The van der Waals surface area contributed by atoms with Crippen molar-refractivity contribution >= 4 is 0 Å². The van der Waals surface area contributed by atoms with Crippen molar-refractivity contribution in [3.05, 3.63) is 0 Å². The highest BCUT2D eigenvalue weighted by atomic mass is 16.5. The van der Waals surface area contributed by atoms with Crippen molar-refractivity contribution in [1.82, 2.24) is 5.32 Å². The fourth-order valence-corrected chi connectivity index (χ4v) is 1.49. The molecule has 0 saturated heterocycles. The Bertz CT molecular complexity index is 115. The Morgan fingerprint density at radius 3 is 2.27 bits per heavy atom. The van der Waals surface area contributed by atoms with Crippen LogP contribution in [0, 0.1) is 5.92 Å². The second kappa shape index (κ2) is 12.0. The van der Waals surface area contributed by atoms with Crippen molar-refractivity contribution in [2.24, 2.45) is 5.92 Å². The first-order valence-corrected chi connectivity index (χ1v) is 6.55. The van der Waals surface area contributed by atoms with Gasteiger partial charge in [0.25, 0.3) is 0 Å². The van der Waals surface area contributed by atoms with Gasteiger partial charge in [-0.05, 0) is 38.3 Å². The summed E-state index contributed by atoms with van der Waals surface area (Å²) in [4.78, 5) is 0. The minimum atomic E-state index is 0.838. The quantitative estimate of drug-likeness (QED) is 0.534. The molecule has 2 heteroatoms. The van der Waals surface area contributed by atoms with Gasteiger partial charge in [-0.2, -0.15) is 0 Å². The zero-order valence-corrected chi connectivity index (χ0v) is 10.8. The SMILES string of the molecule is CCNCCCCOCCCCC(C)C. The molecule has 0 rings (SSSR count). The molecule has 0 unspecified atom stereocenters. The predicted octanol–water partition coefficient (Wildman–Crippen LogP) is 3.22. The standard InChI is InChI=1S/C13H29NO/c1-4-14-10-6-8-12-15-11-7-5-9-13(2)3/h13-14H,4-12H2,1-3H3. The van der Waals surface area contributed by atoms with E-state index in [-0.39, 0.29) is 0 Å². The van der Waals surface area contributed by atoms with Crippen LogP contribution in [0.3, 0.4) is 0 Å². The summed E-state index contributed by atoms with van der Waals surface area (Å²) in [7, 11) is 0. The first kappa shape index (κ1) is 14.9. The van der Waals surface area contributed by atoms with E-state index in [1.165, 1.54) is 32.1 Å².